The Morgan fingerprint density at radius 1 is 1.06 bits per heavy atom. The minimum Gasteiger partial charge on any atom is -0.497 e. The van der Waals surface area contributed by atoms with Crippen molar-refractivity contribution < 1.29 is 22.7 Å². The van der Waals surface area contributed by atoms with Crippen LogP contribution in [-0.4, -0.2) is 119 Å². The number of amides is 1. The molecule has 2 aliphatic heterocycles. The molecule has 2 saturated heterocycles. The number of hydrogen-bond donors (Lipinski definition) is 0. The Bertz CT molecular complexity index is 924. The van der Waals surface area contributed by atoms with E-state index in [0.29, 0.717) is 54.5 Å². The number of hydrogen-bond acceptors (Lipinski definition) is 7. The Morgan fingerprint density at radius 2 is 1.71 bits per heavy atom. The highest BCUT2D eigenvalue weighted by Crippen LogP contribution is 2.30. The first-order valence-electron chi connectivity index (χ1n) is 12.1. The number of nitrogens with zero attached hydrogens (tertiary/aromatic N) is 4. The normalized spacial score (nSPS) is 21.1. The van der Waals surface area contributed by atoms with E-state index in [1.54, 1.807) is 37.4 Å². The predicted molar refractivity (Wildman–Crippen MR) is 132 cm³/mol. The summed E-state index contributed by atoms with van der Waals surface area (Å²) in [6.45, 7) is 11.7. The molecule has 2 heterocycles. The molecule has 0 bridgehead atoms. The van der Waals surface area contributed by atoms with Gasteiger partial charge in [-0.1, -0.05) is 6.92 Å². The van der Waals surface area contributed by atoms with Gasteiger partial charge in [-0.15, -0.1) is 0 Å². The summed E-state index contributed by atoms with van der Waals surface area (Å²) in [4.78, 5) is 19.3. The van der Waals surface area contributed by atoms with Crippen molar-refractivity contribution in [3.05, 3.63) is 23.3 Å². The average Bonchev–Trinajstić information content (AvgIpc) is 2.79. The van der Waals surface area contributed by atoms with Crippen molar-refractivity contribution in [3.63, 3.8) is 0 Å². The molecular formula is C24H40N4O5S. The maximum atomic E-state index is 13.7. The fourth-order valence-corrected chi connectivity index (χ4v) is 6.92. The van der Waals surface area contributed by atoms with Crippen molar-refractivity contribution in [3.8, 4) is 5.75 Å². The lowest BCUT2D eigenvalue weighted by Crippen LogP contribution is -2.56. The average molecular weight is 497 g/mol. The van der Waals surface area contributed by atoms with Gasteiger partial charge in [-0.05, 0) is 57.1 Å². The highest BCUT2D eigenvalue weighted by molar-refractivity contribution is 7.89. The molecule has 34 heavy (non-hydrogen) atoms. The topological polar surface area (TPSA) is 82.6 Å². The van der Waals surface area contributed by atoms with E-state index in [4.69, 9.17) is 9.47 Å². The van der Waals surface area contributed by atoms with Crippen LogP contribution in [0.15, 0.2) is 17.0 Å². The van der Waals surface area contributed by atoms with E-state index in [2.05, 4.69) is 16.7 Å². The van der Waals surface area contributed by atoms with Gasteiger partial charge in [0, 0.05) is 45.8 Å². The fourth-order valence-electron chi connectivity index (χ4n) is 4.91. The molecular weight excluding hydrogens is 456 g/mol. The molecule has 0 aromatic heterocycles. The third kappa shape index (κ3) is 6.28. The summed E-state index contributed by atoms with van der Waals surface area (Å²) in [5.74, 6) is 0.609. The van der Waals surface area contributed by atoms with Crippen LogP contribution in [0.25, 0.3) is 0 Å². The zero-order valence-corrected chi connectivity index (χ0v) is 22.1. The molecule has 2 aliphatic rings. The van der Waals surface area contributed by atoms with Gasteiger partial charge >= 0.3 is 0 Å². The summed E-state index contributed by atoms with van der Waals surface area (Å²) in [7, 11) is -0.187. The van der Waals surface area contributed by atoms with Crippen LogP contribution in [0.2, 0.25) is 0 Å². The van der Waals surface area contributed by atoms with Crippen molar-refractivity contribution in [2.45, 2.75) is 38.1 Å². The molecule has 1 amide bonds. The Balaban J connectivity index is 1.65. The Kier molecular flexibility index (Phi) is 9.34. The largest absolute Gasteiger partial charge is 0.497 e. The molecule has 0 aliphatic carbocycles. The number of ether oxygens (including phenoxy) is 2. The first kappa shape index (κ1) is 26.9. The Labute approximate surface area is 204 Å². The third-order valence-corrected chi connectivity index (χ3v) is 8.93. The number of carbonyl (C=O) groups excluding carboxylic acids is 1. The van der Waals surface area contributed by atoms with Gasteiger partial charge in [0.1, 0.15) is 12.4 Å². The summed E-state index contributed by atoms with van der Waals surface area (Å²) in [6, 6.07) is 3.14. The van der Waals surface area contributed by atoms with E-state index in [0.717, 1.165) is 26.1 Å². The number of piperazine rings is 2. The molecule has 192 valence electrons. The molecule has 1 aromatic rings. The van der Waals surface area contributed by atoms with Crippen molar-refractivity contribution in [2.24, 2.45) is 0 Å². The SMILES string of the molecule is CCCN1CCN(C(=O)COCC2CN(C)CCN2S(=O)(=O)c2c(C)cc(OC)cc2C)CC1. The highest BCUT2D eigenvalue weighted by Gasteiger charge is 2.37. The number of aryl methyl sites for hydroxylation is 2. The van der Waals surface area contributed by atoms with E-state index in [-0.39, 0.29) is 25.2 Å². The van der Waals surface area contributed by atoms with Crippen LogP contribution >= 0.6 is 0 Å². The number of likely N-dealkylation sites (N-methyl/N-ethyl adjacent to an activating group) is 1. The van der Waals surface area contributed by atoms with Crippen LogP contribution in [-0.2, 0) is 19.6 Å². The van der Waals surface area contributed by atoms with Gasteiger partial charge in [0.2, 0.25) is 15.9 Å². The van der Waals surface area contributed by atoms with Crippen molar-refractivity contribution in [1.82, 2.24) is 19.0 Å². The fraction of sp³-hybridized carbons (Fsp3) is 0.708. The molecule has 2 fully saturated rings. The number of benzene rings is 1. The summed E-state index contributed by atoms with van der Waals surface area (Å²) in [6.07, 6.45) is 1.11. The van der Waals surface area contributed by atoms with Crippen molar-refractivity contribution in [1.29, 1.82) is 0 Å². The van der Waals surface area contributed by atoms with E-state index >= 15 is 0 Å². The van der Waals surface area contributed by atoms with Gasteiger partial charge in [-0.25, -0.2) is 8.42 Å². The van der Waals surface area contributed by atoms with Gasteiger partial charge in [0.15, 0.2) is 0 Å². The van der Waals surface area contributed by atoms with Crippen LogP contribution in [0, 0.1) is 13.8 Å². The predicted octanol–water partition coefficient (Wildman–Crippen LogP) is 1.19. The molecule has 3 rings (SSSR count). The summed E-state index contributed by atoms with van der Waals surface area (Å²) in [5, 5.41) is 0. The van der Waals surface area contributed by atoms with Crippen molar-refractivity contribution >= 4 is 15.9 Å². The maximum absolute atomic E-state index is 13.7. The lowest BCUT2D eigenvalue weighted by molar-refractivity contribution is -0.138. The maximum Gasteiger partial charge on any atom is 0.248 e. The number of sulfonamides is 1. The minimum atomic E-state index is -3.73. The first-order valence-corrected chi connectivity index (χ1v) is 13.5. The number of rotatable bonds is 9. The molecule has 1 unspecified atom stereocenters. The second-order valence-electron chi connectivity index (χ2n) is 9.36. The first-order chi connectivity index (χ1) is 16.2. The molecule has 9 nitrogen and oxygen atoms in total. The summed E-state index contributed by atoms with van der Waals surface area (Å²) >= 11 is 0. The number of methoxy groups -OCH3 is 1. The monoisotopic (exact) mass is 496 g/mol. The Hall–Kier alpha value is -1.72. The van der Waals surface area contributed by atoms with Crippen LogP contribution in [0.3, 0.4) is 0 Å². The van der Waals surface area contributed by atoms with E-state index < -0.39 is 10.0 Å². The Morgan fingerprint density at radius 3 is 2.29 bits per heavy atom. The second-order valence-corrected chi connectivity index (χ2v) is 11.2. The van der Waals surface area contributed by atoms with Gasteiger partial charge in [-0.3, -0.25) is 9.69 Å². The van der Waals surface area contributed by atoms with Crippen LogP contribution in [0.4, 0.5) is 0 Å². The molecule has 10 heteroatoms. The van der Waals surface area contributed by atoms with Gasteiger partial charge < -0.3 is 19.3 Å². The molecule has 0 N–H and O–H groups in total. The zero-order chi connectivity index (χ0) is 24.9. The highest BCUT2D eigenvalue weighted by atomic mass is 32.2. The zero-order valence-electron chi connectivity index (χ0n) is 21.2. The van der Waals surface area contributed by atoms with E-state index in [1.165, 1.54) is 0 Å². The summed E-state index contributed by atoms with van der Waals surface area (Å²) < 4.78 is 40.1. The quantitative estimate of drug-likeness (QED) is 0.508. The van der Waals surface area contributed by atoms with Crippen LogP contribution < -0.4 is 4.74 Å². The molecule has 0 saturated carbocycles. The molecule has 1 atom stereocenters. The second kappa shape index (κ2) is 11.8. The third-order valence-electron chi connectivity index (χ3n) is 6.67. The van der Waals surface area contributed by atoms with Gasteiger partial charge in [0.05, 0.1) is 24.7 Å². The van der Waals surface area contributed by atoms with E-state index in [9.17, 15) is 13.2 Å². The molecule has 0 spiro atoms. The van der Waals surface area contributed by atoms with Crippen LogP contribution in [0.1, 0.15) is 24.5 Å². The molecule has 0 radical (unpaired) electrons. The lowest BCUT2D eigenvalue weighted by atomic mass is 10.1. The summed E-state index contributed by atoms with van der Waals surface area (Å²) in [5.41, 5.74) is 1.32. The lowest BCUT2D eigenvalue weighted by Gasteiger charge is -2.39. The molecule has 1 aromatic carbocycles. The minimum absolute atomic E-state index is 0.0253. The standard InChI is InChI=1S/C24H40N4O5S/c1-6-7-26-9-11-27(12-10-26)23(29)18-33-17-21-16-25(4)8-13-28(21)34(30,31)24-19(2)14-22(32-5)15-20(24)3/h14-15,21H,6-13,16-18H2,1-5H3. The van der Waals surface area contributed by atoms with E-state index in [1.807, 2.05) is 11.9 Å². The van der Waals surface area contributed by atoms with Gasteiger partial charge in [0.25, 0.3) is 0 Å². The smallest absolute Gasteiger partial charge is 0.248 e. The van der Waals surface area contributed by atoms with Gasteiger partial charge in [-0.2, -0.15) is 4.31 Å². The van der Waals surface area contributed by atoms with Crippen molar-refractivity contribution in [2.75, 3.05) is 79.7 Å². The van der Waals surface area contributed by atoms with Crippen LogP contribution in [0.5, 0.6) is 5.75 Å². The number of carbonyl (C=O) groups is 1.